The van der Waals surface area contributed by atoms with Gasteiger partial charge in [0.15, 0.2) is 0 Å². The fourth-order valence-electron chi connectivity index (χ4n) is 2.10. The molecule has 15 heavy (non-hydrogen) atoms. The van der Waals surface area contributed by atoms with Crippen molar-refractivity contribution < 1.29 is 0 Å². The molecular weight excluding hydrogens is 254 g/mol. The number of hydrogen-bond acceptors (Lipinski definition) is 3. The van der Waals surface area contributed by atoms with Gasteiger partial charge in [-0.05, 0) is 47.3 Å². The maximum absolute atomic E-state index is 5.79. The Kier molecular flexibility index (Phi) is 3.59. The van der Waals surface area contributed by atoms with Crippen molar-refractivity contribution in [1.29, 1.82) is 0 Å². The van der Waals surface area contributed by atoms with Crippen molar-refractivity contribution in [3.8, 4) is 0 Å². The molecule has 0 bridgehead atoms. The van der Waals surface area contributed by atoms with Gasteiger partial charge in [0.1, 0.15) is 10.4 Å². The lowest BCUT2D eigenvalue weighted by Crippen LogP contribution is -2.44. The molecule has 1 atom stereocenters. The summed E-state index contributed by atoms with van der Waals surface area (Å²) >= 11 is 3.40. The van der Waals surface area contributed by atoms with Crippen molar-refractivity contribution in [1.82, 2.24) is 4.98 Å². The molecule has 1 aromatic heterocycles. The average molecular weight is 270 g/mol. The molecule has 2 N–H and O–H groups in total. The van der Waals surface area contributed by atoms with E-state index in [-0.39, 0.29) is 0 Å². The third kappa shape index (κ3) is 2.49. The Hall–Kier alpha value is -0.610. The van der Waals surface area contributed by atoms with E-state index in [0.29, 0.717) is 12.6 Å². The van der Waals surface area contributed by atoms with Crippen LogP contribution in [0.15, 0.2) is 22.8 Å². The van der Waals surface area contributed by atoms with Gasteiger partial charge in [-0.1, -0.05) is 6.07 Å². The molecule has 0 spiro atoms. The Morgan fingerprint density at radius 2 is 2.33 bits per heavy atom. The summed E-state index contributed by atoms with van der Waals surface area (Å²) in [6.45, 7) is 1.79. The van der Waals surface area contributed by atoms with Gasteiger partial charge in [-0.2, -0.15) is 0 Å². The van der Waals surface area contributed by atoms with Gasteiger partial charge in [0.05, 0.1) is 0 Å². The van der Waals surface area contributed by atoms with Crippen LogP contribution in [0.2, 0.25) is 0 Å². The summed E-state index contributed by atoms with van der Waals surface area (Å²) in [7, 11) is 0. The highest BCUT2D eigenvalue weighted by Gasteiger charge is 2.21. The molecule has 1 aromatic rings. The zero-order valence-corrected chi connectivity index (χ0v) is 10.3. The second-order valence-corrected chi connectivity index (χ2v) is 4.71. The lowest BCUT2D eigenvalue weighted by Gasteiger charge is -2.36. The van der Waals surface area contributed by atoms with Crippen molar-refractivity contribution in [2.75, 3.05) is 18.0 Å². The molecule has 3 nitrogen and oxygen atoms in total. The quantitative estimate of drug-likeness (QED) is 0.837. The molecule has 0 aromatic carbocycles. The van der Waals surface area contributed by atoms with Gasteiger partial charge in [0, 0.05) is 19.1 Å². The molecule has 0 saturated carbocycles. The van der Waals surface area contributed by atoms with E-state index in [1.165, 1.54) is 19.3 Å². The highest BCUT2D eigenvalue weighted by Crippen LogP contribution is 2.23. The number of rotatable bonds is 2. The first-order chi connectivity index (χ1) is 7.31. The van der Waals surface area contributed by atoms with Gasteiger partial charge in [-0.3, -0.25) is 0 Å². The van der Waals surface area contributed by atoms with E-state index in [4.69, 9.17) is 5.73 Å². The van der Waals surface area contributed by atoms with Crippen molar-refractivity contribution in [3.63, 3.8) is 0 Å². The summed E-state index contributed by atoms with van der Waals surface area (Å²) in [5, 5.41) is 0. The van der Waals surface area contributed by atoms with Crippen LogP contribution in [0.1, 0.15) is 19.3 Å². The average Bonchev–Trinajstić information content (AvgIpc) is 2.29. The third-order valence-electron chi connectivity index (χ3n) is 2.89. The molecule has 0 aliphatic carbocycles. The molecule has 0 amide bonds. The van der Waals surface area contributed by atoms with E-state index in [2.05, 4.69) is 31.9 Å². The van der Waals surface area contributed by atoms with Crippen LogP contribution >= 0.6 is 15.9 Å². The number of nitrogens with two attached hydrogens (primary N) is 1. The molecule has 2 rings (SSSR count). The Labute approximate surface area is 98.8 Å². The second kappa shape index (κ2) is 4.94. The minimum atomic E-state index is 0.459. The van der Waals surface area contributed by atoms with Gasteiger partial charge in [-0.25, -0.2) is 4.98 Å². The molecule has 1 fully saturated rings. The van der Waals surface area contributed by atoms with Gasteiger partial charge in [-0.15, -0.1) is 0 Å². The maximum atomic E-state index is 5.79. The minimum absolute atomic E-state index is 0.459. The standard InChI is InChI=1S/C11H16BrN3/c12-10-5-3-6-11(14-10)15-7-2-1-4-9(15)8-13/h3,5-6,9H,1-2,4,7-8,13H2/t9-/m0/s1. The number of halogens is 1. The molecule has 0 unspecified atom stereocenters. The predicted octanol–water partition coefficient (Wildman–Crippen LogP) is 2.16. The summed E-state index contributed by atoms with van der Waals surface area (Å²) in [5.41, 5.74) is 5.79. The van der Waals surface area contributed by atoms with Crippen LogP contribution in [-0.4, -0.2) is 24.1 Å². The Morgan fingerprint density at radius 1 is 1.47 bits per heavy atom. The monoisotopic (exact) mass is 269 g/mol. The normalized spacial score (nSPS) is 21.7. The van der Waals surface area contributed by atoms with E-state index in [1.54, 1.807) is 0 Å². The first kappa shape index (κ1) is 10.9. The first-order valence-electron chi connectivity index (χ1n) is 5.40. The third-order valence-corrected chi connectivity index (χ3v) is 3.34. The lowest BCUT2D eigenvalue weighted by atomic mass is 10.0. The van der Waals surface area contributed by atoms with E-state index in [0.717, 1.165) is 17.0 Å². The lowest BCUT2D eigenvalue weighted by molar-refractivity contribution is 0.462. The Bertz CT molecular complexity index is 329. The number of pyridine rings is 1. The largest absolute Gasteiger partial charge is 0.352 e. The van der Waals surface area contributed by atoms with Gasteiger partial charge in [0.25, 0.3) is 0 Å². The highest BCUT2D eigenvalue weighted by molar-refractivity contribution is 9.10. The van der Waals surface area contributed by atoms with Gasteiger partial charge < -0.3 is 10.6 Å². The zero-order chi connectivity index (χ0) is 10.7. The SMILES string of the molecule is NC[C@@H]1CCCCN1c1cccc(Br)n1. The predicted molar refractivity (Wildman–Crippen MR) is 66.0 cm³/mol. The fourth-order valence-corrected chi connectivity index (χ4v) is 2.44. The summed E-state index contributed by atoms with van der Waals surface area (Å²) in [6, 6.07) is 6.48. The van der Waals surface area contributed by atoms with Crippen LogP contribution in [0.5, 0.6) is 0 Å². The Morgan fingerprint density at radius 3 is 3.07 bits per heavy atom. The van der Waals surface area contributed by atoms with Crippen LogP contribution in [0.3, 0.4) is 0 Å². The molecule has 1 aliphatic rings. The molecule has 1 saturated heterocycles. The molecule has 1 aliphatic heterocycles. The van der Waals surface area contributed by atoms with Crippen LogP contribution in [0.4, 0.5) is 5.82 Å². The zero-order valence-electron chi connectivity index (χ0n) is 8.69. The van der Waals surface area contributed by atoms with Gasteiger partial charge in [0.2, 0.25) is 0 Å². The fraction of sp³-hybridized carbons (Fsp3) is 0.545. The molecular formula is C11H16BrN3. The number of aromatic nitrogens is 1. The van der Waals surface area contributed by atoms with E-state index in [1.807, 2.05) is 12.1 Å². The van der Waals surface area contributed by atoms with E-state index < -0.39 is 0 Å². The van der Waals surface area contributed by atoms with E-state index in [9.17, 15) is 0 Å². The topological polar surface area (TPSA) is 42.1 Å². The summed E-state index contributed by atoms with van der Waals surface area (Å²) in [4.78, 5) is 6.81. The second-order valence-electron chi connectivity index (χ2n) is 3.90. The molecule has 4 heteroatoms. The summed E-state index contributed by atoms with van der Waals surface area (Å²) in [5.74, 6) is 1.04. The minimum Gasteiger partial charge on any atom is -0.352 e. The molecule has 82 valence electrons. The van der Waals surface area contributed by atoms with Gasteiger partial charge >= 0.3 is 0 Å². The highest BCUT2D eigenvalue weighted by atomic mass is 79.9. The van der Waals surface area contributed by atoms with Crippen molar-refractivity contribution >= 4 is 21.7 Å². The maximum Gasteiger partial charge on any atom is 0.130 e. The smallest absolute Gasteiger partial charge is 0.130 e. The van der Waals surface area contributed by atoms with Crippen LogP contribution in [0, 0.1) is 0 Å². The van der Waals surface area contributed by atoms with Crippen molar-refractivity contribution in [3.05, 3.63) is 22.8 Å². The first-order valence-corrected chi connectivity index (χ1v) is 6.20. The van der Waals surface area contributed by atoms with Crippen LogP contribution in [0.25, 0.3) is 0 Å². The van der Waals surface area contributed by atoms with Crippen LogP contribution in [-0.2, 0) is 0 Å². The van der Waals surface area contributed by atoms with E-state index >= 15 is 0 Å². The molecule has 0 radical (unpaired) electrons. The number of hydrogen-bond donors (Lipinski definition) is 1. The van der Waals surface area contributed by atoms with Crippen LogP contribution < -0.4 is 10.6 Å². The summed E-state index contributed by atoms with van der Waals surface area (Å²) < 4.78 is 0.890. The van der Waals surface area contributed by atoms with Crippen molar-refractivity contribution in [2.45, 2.75) is 25.3 Å². The molecule has 2 heterocycles. The Balaban J connectivity index is 2.20. The number of nitrogens with zero attached hydrogens (tertiary/aromatic N) is 2. The van der Waals surface area contributed by atoms with Crippen molar-refractivity contribution in [2.24, 2.45) is 5.73 Å². The number of anilines is 1. The number of piperidine rings is 1. The summed E-state index contributed by atoms with van der Waals surface area (Å²) in [6.07, 6.45) is 3.71.